The number of hydrogen-bond acceptors (Lipinski definition) is 5. The Hall–Kier alpha value is -3.21. The zero-order valence-electron chi connectivity index (χ0n) is 19.6. The summed E-state index contributed by atoms with van der Waals surface area (Å²) in [7, 11) is -3.41. The van der Waals surface area contributed by atoms with E-state index in [2.05, 4.69) is 15.6 Å². The largest absolute Gasteiger partial charge is 0.433 e. The Bertz CT molecular complexity index is 1420. The molecule has 1 fully saturated rings. The summed E-state index contributed by atoms with van der Waals surface area (Å²) in [4.78, 5) is 16.6. The highest BCUT2D eigenvalue weighted by Gasteiger charge is 2.34. The zero-order chi connectivity index (χ0) is 26.3. The molecular formula is C25H25F4N3O3S. The summed E-state index contributed by atoms with van der Waals surface area (Å²) in [5.74, 6) is -0.947. The number of halogens is 4. The molecule has 2 aromatic carbocycles. The van der Waals surface area contributed by atoms with Gasteiger partial charge in [0.15, 0.2) is 9.84 Å². The maximum absolute atomic E-state index is 13.9. The van der Waals surface area contributed by atoms with Crippen molar-refractivity contribution in [3.63, 3.8) is 0 Å². The van der Waals surface area contributed by atoms with Crippen LogP contribution in [-0.2, 0) is 16.0 Å². The molecule has 1 aliphatic rings. The molecule has 2 unspecified atom stereocenters. The van der Waals surface area contributed by atoms with Crippen LogP contribution in [0.25, 0.3) is 10.9 Å². The molecule has 1 aromatic heterocycles. The molecule has 1 aliphatic carbocycles. The van der Waals surface area contributed by atoms with Gasteiger partial charge in [0.05, 0.1) is 10.4 Å². The smallest absolute Gasteiger partial charge is 0.382 e. The second-order valence-corrected chi connectivity index (χ2v) is 11.1. The lowest BCUT2D eigenvalue weighted by Crippen LogP contribution is -2.41. The number of alkyl halides is 3. The fraction of sp³-hybridized carbons (Fsp3) is 0.360. The molecule has 11 heteroatoms. The molecule has 4 rings (SSSR count). The van der Waals surface area contributed by atoms with Crippen LogP contribution >= 0.6 is 0 Å². The van der Waals surface area contributed by atoms with Gasteiger partial charge in [0.2, 0.25) is 0 Å². The van der Waals surface area contributed by atoms with Crippen molar-refractivity contribution in [3.8, 4) is 0 Å². The van der Waals surface area contributed by atoms with E-state index < -0.39 is 27.5 Å². The normalized spacial score (nSPS) is 18.7. The fourth-order valence-electron chi connectivity index (χ4n) is 4.61. The quantitative estimate of drug-likeness (QED) is 0.446. The highest BCUT2D eigenvalue weighted by atomic mass is 32.2. The predicted octanol–water partition coefficient (Wildman–Crippen LogP) is 5.26. The first-order valence-electron chi connectivity index (χ1n) is 11.4. The molecule has 2 atom stereocenters. The molecule has 192 valence electrons. The predicted molar refractivity (Wildman–Crippen MR) is 128 cm³/mol. The van der Waals surface area contributed by atoms with E-state index in [1.165, 1.54) is 24.3 Å². The number of pyridine rings is 1. The Kier molecular flexibility index (Phi) is 6.96. The van der Waals surface area contributed by atoms with Gasteiger partial charge in [0.1, 0.15) is 11.5 Å². The van der Waals surface area contributed by atoms with Gasteiger partial charge in [-0.2, -0.15) is 13.2 Å². The maximum Gasteiger partial charge on any atom is 0.433 e. The molecule has 0 bridgehead atoms. The minimum Gasteiger partial charge on any atom is -0.382 e. The number of carbonyl (C=O) groups excluding carboxylic acids is 1. The number of aryl methyl sites for hydroxylation is 1. The van der Waals surface area contributed by atoms with Crippen LogP contribution in [0.2, 0.25) is 0 Å². The van der Waals surface area contributed by atoms with Gasteiger partial charge in [0, 0.05) is 35.0 Å². The maximum atomic E-state index is 13.9. The van der Waals surface area contributed by atoms with Crippen molar-refractivity contribution < 1.29 is 30.8 Å². The Balaban J connectivity index is 1.51. The van der Waals surface area contributed by atoms with E-state index in [1.54, 1.807) is 6.92 Å². The lowest BCUT2D eigenvalue weighted by molar-refractivity contribution is -0.140. The topological polar surface area (TPSA) is 88.2 Å². The minimum atomic E-state index is -4.66. The van der Waals surface area contributed by atoms with Crippen LogP contribution < -0.4 is 10.6 Å². The lowest BCUT2D eigenvalue weighted by atomic mass is 9.90. The number of carbonyl (C=O) groups is 1. The second-order valence-electron chi connectivity index (χ2n) is 9.14. The summed E-state index contributed by atoms with van der Waals surface area (Å²) in [5.41, 5.74) is -0.123. The van der Waals surface area contributed by atoms with Gasteiger partial charge in [-0.15, -0.1) is 0 Å². The van der Waals surface area contributed by atoms with Gasteiger partial charge >= 0.3 is 6.18 Å². The number of rotatable bonds is 5. The number of hydrogen-bond donors (Lipinski definition) is 2. The van der Waals surface area contributed by atoms with Gasteiger partial charge < -0.3 is 10.6 Å². The number of amides is 1. The number of nitrogens with zero attached hydrogens (tertiary/aromatic N) is 1. The Labute approximate surface area is 206 Å². The number of sulfone groups is 1. The summed E-state index contributed by atoms with van der Waals surface area (Å²) in [6.45, 7) is 1.62. The van der Waals surface area contributed by atoms with E-state index in [0.29, 0.717) is 30.4 Å². The molecule has 0 aliphatic heterocycles. The van der Waals surface area contributed by atoms with E-state index in [1.807, 2.05) is 0 Å². The molecule has 0 radical (unpaired) electrons. The zero-order valence-corrected chi connectivity index (χ0v) is 20.4. The van der Waals surface area contributed by atoms with Crippen molar-refractivity contribution in [3.05, 3.63) is 65.1 Å². The third kappa shape index (κ3) is 5.77. The van der Waals surface area contributed by atoms with Crippen LogP contribution in [0.15, 0.2) is 47.4 Å². The van der Waals surface area contributed by atoms with Gasteiger partial charge in [-0.3, -0.25) is 4.79 Å². The highest BCUT2D eigenvalue weighted by molar-refractivity contribution is 7.90. The lowest BCUT2D eigenvalue weighted by Gasteiger charge is -2.31. The van der Waals surface area contributed by atoms with Gasteiger partial charge in [-0.25, -0.2) is 17.8 Å². The third-order valence-electron chi connectivity index (χ3n) is 6.27. The SMILES string of the molecule is Cc1cc(C(=O)NC2CCCC(Nc3cc(C(F)(F)F)nc4ccc(F)cc34)C2)ccc1S(C)(=O)=O. The van der Waals surface area contributed by atoms with Crippen LogP contribution in [0.4, 0.5) is 23.2 Å². The summed E-state index contributed by atoms with van der Waals surface area (Å²) in [5, 5.41) is 6.30. The van der Waals surface area contributed by atoms with Crippen molar-refractivity contribution in [1.82, 2.24) is 10.3 Å². The molecule has 1 heterocycles. The molecule has 1 amide bonds. The summed E-state index contributed by atoms with van der Waals surface area (Å²) in [6, 6.07) is 8.18. The average Bonchev–Trinajstić information content (AvgIpc) is 2.78. The molecule has 1 saturated carbocycles. The number of fused-ring (bicyclic) bond motifs is 1. The first-order chi connectivity index (χ1) is 16.8. The fourth-order valence-corrected chi connectivity index (χ4v) is 5.57. The number of aromatic nitrogens is 1. The monoisotopic (exact) mass is 523 g/mol. The van der Waals surface area contributed by atoms with Gasteiger partial charge in [0.25, 0.3) is 5.91 Å². The van der Waals surface area contributed by atoms with E-state index in [0.717, 1.165) is 30.9 Å². The van der Waals surface area contributed by atoms with Crippen LogP contribution in [0.3, 0.4) is 0 Å². The van der Waals surface area contributed by atoms with E-state index in [-0.39, 0.29) is 39.5 Å². The molecule has 0 spiro atoms. The van der Waals surface area contributed by atoms with Crippen molar-refractivity contribution >= 4 is 32.3 Å². The van der Waals surface area contributed by atoms with Gasteiger partial charge in [-0.1, -0.05) is 0 Å². The Morgan fingerprint density at radius 2 is 1.78 bits per heavy atom. The third-order valence-corrected chi connectivity index (χ3v) is 7.52. The van der Waals surface area contributed by atoms with Crippen molar-refractivity contribution in [1.29, 1.82) is 0 Å². The summed E-state index contributed by atoms with van der Waals surface area (Å²) in [6.07, 6.45) is -1.04. The van der Waals surface area contributed by atoms with E-state index in [9.17, 15) is 30.8 Å². The number of nitrogens with one attached hydrogen (secondary N) is 2. The minimum absolute atomic E-state index is 0.0299. The number of anilines is 1. The standard InChI is InChI=1S/C25H25F4N3O3S/c1-14-10-15(6-9-22(14)36(2,34)35)24(33)31-18-5-3-4-17(12-18)30-21-13-23(25(27,28)29)32-20-8-7-16(26)11-19(20)21/h6-11,13,17-18H,3-5,12H2,1-2H3,(H,30,32)(H,31,33). The van der Waals surface area contributed by atoms with E-state index in [4.69, 9.17) is 0 Å². The highest BCUT2D eigenvalue weighted by Crippen LogP contribution is 2.34. The molecule has 2 N–H and O–H groups in total. The number of benzene rings is 2. The second kappa shape index (κ2) is 9.68. The van der Waals surface area contributed by atoms with Crippen molar-refractivity contribution in [2.75, 3.05) is 11.6 Å². The average molecular weight is 524 g/mol. The van der Waals surface area contributed by atoms with Crippen LogP contribution in [0.5, 0.6) is 0 Å². The molecular weight excluding hydrogens is 498 g/mol. The van der Waals surface area contributed by atoms with Crippen molar-refractivity contribution in [2.45, 2.75) is 55.8 Å². The van der Waals surface area contributed by atoms with E-state index >= 15 is 0 Å². The van der Waals surface area contributed by atoms with Gasteiger partial charge in [-0.05, 0) is 80.6 Å². The van der Waals surface area contributed by atoms with Crippen LogP contribution in [0.1, 0.15) is 47.3 Å². The molecule has 36 heavy (non-hydrogen) atoms. The van der Waals surface area contributed by atoms with Crippen LogP contribution in [-0.4, -0.2) is 37.6 Å². The Morgan fingerprint density at radius 1 is 1.06 bits per heavy atom. The Morgan fingerprint density at radius 3 is 2.44 bits per heavy atom. The first kappa shape index (κ1) is 25.9. The summed E-state index contributed by atoms with van der Waals surface area (Å²) < 4.78 is 77.7. The molecule has 6 nitrogen and oxygen atoms in total. The van der Waals surface area contributed by atoms with Crippen molar-refractivity contribution in [2.24, 2.45) is 0 Å². The molecule has 0 saturated heterocycles. The molecule has 3 aromatic rings. The first-order valence-corrected chi connectivity index (χ1v) is 13.3. The van der Waals surface area contributed by atoms with Crippen LogP contribution in [0, 0.1) is 12.7 Å². The summed E-state index contributed by atoms with van der Waals surface area (Å²) >= 11 is 0.